The molecule has 2 heterocycles. The highest BCUT2D eigenvalue weighted by Crippen LogP contribution is 2.24. The Morgan fingerprint density at radius 3 is 2.72 bits per heavy atom. The van der Waals surface area contributed by atoms with Gasteiger partial charge in [0.05, 0.1) is 18.0 Å². The fraction of sp³-hybridized carbons (Fsp3) is 0.556. The van der Waals surface area contributed by atoms with E-state index in [1.165, 1.54) is 13.1 Å². The van der Waals surface area contributed by atoms with E-state index < -0.39 is 24.7 Å². The first-order valence-electron chi connectivity index (χ1n) is 5.18. The molecule has 18 heavy (non-hydrogen) atoms. The van der Waals surface area contributed by atoms with Gasteiger partial charge in [-0.15, -0.1) is 12.4 Å². The molecule has 0 aromatic carbocycles. The number of halogens is 1. The first kappa shape index (κ1) is 15.0. The number of anilines is 1. The van der Waals surface area contributed by atoms with Crippen molar-refractivity contribution in [3.05, 3.63) is 17.6 Å². The lowest BCUT2D eigenvalue weighted by molar-refractivity contribution is 0.0274. The van der Waals surface area contributed by atoms with Gasteiger partial charge in [-0.1, -0.05) is 0 Å². The zero-order valence-corrected chi connectivity index (χ0v) is 10.4. The Balaban J connectivity index is 0.00000162. The van der Waals surface area contributed by atoms with Crippen LogP contribution < -0.4 is 16.4 Å². The number of nitrogens with one attached hydrogen (secondary N) is 2. The number of aliphatic hydroxyl groups is 3. The van der Waals surface area contributed by atoms with Crippen molar-refractivity contribution in [3.8, 4) is 0 Å². The molecule has 2 rings (SSSR count). The SMILES string of the molecule is CC(O)C(O)c1cnc2c(n1)NC(N)NC2O.Cl. The van der Waals surface area contributed by atoms with Gasteiger partial charge in [-0.2, -0.15) is 0 Å². The van der Waals surface area contributed by atoms with E-state index in [1.54, 1.807) is 0 Å². The Hall–Kier alpha value is -1.03. The number of aromatic nitrogens is 2. The molecule has 0 aliphatic carbocycles. The van der Waals surface area contributed by atoms with Crippen molar-refractivity contribution >= 4 is 18.2 Å². The second-order valence-corrected chi connectivity index (χ2v) is 3.91. The summed E-state index contributed by atoms with van der Waals surface area (Å²) in [6.07, 6.45) is -2.43. The van der Waals surface area contributed by atoms with Crippen LogP contribution in [0.2, 0.25) is 0 Å². The number of nitrogens with zero attached hydrogens (tertiary/aromatic N) is 2. The van der Waals surface area contributed by atoms with Gasteiger partial charge in [-0.05, 0) is 6.92 Å². The van der Waals surface area contributed by atoms with E-state index in [0.29, 0.717) is 11.5 Å². The van der Waals surface area contributed by atoms with E-state index in [9.17, 15) is 15.3 Å². The largest absolute Gasteiger partial charge is 0.390 e. The summed E-state index contributed by atoms with van der Waals surface area (Å²) in [7, 11) is 0. The van der Waals surface area contributed by atoms with Gasteiger partial charge in [-0.3, -0.25) is 16.0 Å². The molecule has 1 aliphatic rings. The molecule has 0 saturated carbocycles. The van der Waals surface area contributed by atoms with Crippen molar-refractivity contribution in [1.29, 1.82) is 0 Å². The molecule has 1 aliphatic heterocycles. The highest BCUT2D eigenvalue weighted by atomic mass is 35.5. The average molecular weight is 278 g/mol. The maximum atomic E-state index is 9.64. The maximum absolute atomic E-state index is 9.64. The molecule has 0 amide bonds. The standard InChI is InChI=1S/C9H15N5O3.ClH/c1-3(15)6(16)4-2-11-5-7(12-4)13-9(10)14-8(5)17;/h2-3,6,8-9,14-17H,10H2,1H3,(H,12,13);1H. The lowest BCUT2D eigenvalue weighted by Gasteiger charge is -2.28. The second-order valence-electron chi connectivity index (χ2n) is 3.91. The van der Waals surface area contributed by atoms with Crippen molar-refractivity contribution in [2.24, 2.45) is 5.73 Å². The highest BCUT2D eigenvalue weighted by Gasteiger charge is 2.26. The summed E-state index contributed by atoms with van der Waals surface area (Å²) in [6, 6.07) is 0. The molecule has 9 heteroatoms. The molecule has 0 saturated heterocycles. The van der Waals surface area contributed by atoms with Crippen LogP contribution in [0.5, 0.6) is 0 Å². The summed E-state index contributed by atoms with van der Waals surface area (Å²) in [5.41, 5.74) is 6.08. The van der Waals surface area contributed by atoms with Crippen molar-refractivity contribution < 1.29 is 15.3 Å². The molecule has 0 fully saturated rings. The van der Waals surface area contributed by atoms with E-state index in [0.717, 1.165) is 0 Å². The third-order valence-electron chi connectivity index (χ3n) is 2.47. The third kappa shape index (κ3) is 2.86. The van der Waals surface area contributed by atoms with E-state index in [2.05, 4.69) is 20.6 Å². The second kappa shape index (κ2) is 5.74. The average Bonchev–Trinajstić information content (AvgIpc) is 2.26. The Morgan fingerprint density at radius 1 is 1.44 bits per heavy atom. The smallest absolute Gasteiger partial charge is 0.154 e. The Morgan fingerprint density at radius 2 is 2.11 bits per heavy atom. The molecule has 4 atom stereocenters. The number of rotatable bonds is 2. The molecular formula is C9H16ClN5O3. The number of hydrogen-bond donors (Lipinski definition) is 6. The summed E-state index contributed by atoms with van der Waals surface area (Å²) in [5.74, 6) is 0.293. The van der Waals surface area contributed by atoms with E-state index in [1.807, 2.05) is 0 Å². The fourth-order valence-electron chi connectivity index (χ4n) is 1.55. The van der Waals surface area contributed by atoms with Crippen LogP contribution in [0.4, 0.5) is 5.82 Å². The van der Waals surface area contributed by atoms with Crippen molar-refractivity contribution in [2.75, 3.05) is 5.32 Å². The lowest BCUT2D eigenvalue weighted by atomic mass is 10.1. The van der Waals surface area contributed by atoms with Crippen molar-refractivity contribution in [1.82, 2.24) is 15.3 Å². The van der Waals surface area contributed by atoms with Crippen LogP contribution >= 0.6 is 12.4 Å². The quantitative estimate of drug-likeness (QED) is 0.387. The third-order valence-corrected chi connectivity index (χ3v) is 2.47. The van der Waals surface area contributed by atoms with Crippen LogP contribution in [-0.4, -0.2) is 37.7 Å². The molecule has 0 bridgehead atoms. The normalized spacial score (nSPS) is 25.4. The summed E-state index contributed by atoms with van der Waals surface area (Å²) in [6.45, 7) is 1.45. The predicted molar refractivity (Wildman–Crippen MR) is 65.6 cm³/mol. The van der Waals surface area contributed by atoms with Crippen molar-refractivity contribution in [3.63, 3.8) is 0 Å². The maximum Gasteiger partial charge on any atom is 0.154 e. The summed E-state index contributed by atoms with van der Waals surface area (Å²) in [5, 5.41) is 33.9. The van der Waals surface area contributed by atoms with Crippen LogP contribution in [-0.2, 0) is 0 Å². The Bertz CT molecular complexity index is 419. The van der Waals surface area contributed by atoms with Crippen LogP contribution in [0.25, 0.3) is 0 Å². The van der Waals surface area contributed by atoms with E-state index >= 15 is 0 Å². The minimum absolute atomic E-state index is 0. The molecular weight excluding hydrogens is 262 g/mol. The van der Waals surface area contributed by atoms with Gasteiger partial charge in [0.1, 0.15) is 18.1 Å². The zero-order chi connectivity index (χ0) is 12.6. The number of hydrogen-bond acceptors (Lipinski definition) is 8. The van der Waals surface area contributed by atoms with Gasteiger partial charge in [0.2, 0.25) is 0 Å². The number of aliphatic hydroxyl groups excluding tert-OH is 3. The molecule has 4 unspecified atom stereocenters. The van der Waals surface area contributed by atoms with Gasteiger partial charge in [0.25, 0.3) is 0 Å². The van der Waals surface area contributed by atoms with Gasteiger partial charge < -0.3 is 20.6 Å². The molecule has 1 aromatic heterocycles. The predicted octanol–water partition coefficient (Wildman–Crippen LogP) is -1.44. The topological polar surface area (TPSA) is 137 Å². The molecule has 8 nitrogen and oxygen atoms in total. The van der Waals surface area contributed by atoms with Crippen molar-refractivity contribution in [2.45, 2.75) is 31.6 Å². The van der Waals surface area contributed by atoms with Gasteiger partial charge in [0, 0.05) is 0 Å². The highest BCUT2D eigenvalue weighted by molar-refractivity contribution is 5.85. The summed E-state index contributed by atoms with van der Waals surface area (Å²) in [4.78, 5) is 8.05. The van der Waals surface area contributed by atoms with E-state index in [4.69, 9.17) is 5.73 Å². The monoisotopic (exact) mass is 277 g/mol. The summed E-state index contributed by atoms with van der Waals surface area (Å²) < 4.78 is 0. The van der Waals surface area contributed by atoms with Crippen LogP contribution in [0.3, 0.4) is 0 Å². The Kier molecular flexibility index (Phi) is 4.79. The molecule has 1 aromatic rings. The number of fused-ring (bicyclic) bond motifs is 1. The van der Waals surface area contributed by atoms with Crippen LogP contribution in [0, 0.1) is 0 Å². The van der Waals surface area contributed by atoms with Crippen LogP contribution in [0.15, 0.2) is 6.20 Å². The lowest BCUT2D eigenvalue weighted by Crippen LogP contribution is -2.50. The molecule has 7 N–H and O–H groups in total. The number of nitrogens with two attached hydrogens (primary N) is 1. The fourth-order valence-corrected chi connectivity index (χ4v) is 1.55. The minimum Gasteiger partial charge on any atom is -0.390 e. The zero-order valence-electron chi connectivity index (χ0n) is 9.61. The van der Waals surface area contributed by atoms with E-state index in [-0.39, 0.29) is 18.1 Å². The van der Waals surface area contributed by atoms with Gasteiger partial charge >= 0.3 is 0 Å². The first-order chi connectivity index (χ1) is 7.99. The minimum atomic E-state index is -1.13. The van der Waals surface area contributed by atoms with Gasteiger partial charge in [0.15, 0.2) is 12.0 Å². The molecule has 102 valence electrons. The molecule has 0 spiro atoms. The van der Waals surface area contributed by atoms with Crippen LogP contribution in [0.1, 0.15) is 30.6 Å². The molecule has 0 radical (unpaired) electrons. The Labute approximate surface area is 110 Å². The summed E-state index contributed by atoms with van der Waals surface area (Å²) >= 11 is 0. The first-order valence-corrected chi connectivity index (χ1v) is 5.18. The van der Waals surface area contributed by atoms with Gasteiger partial charge in [-0.25, -0.2) is 4.98 Å².